The topological polar surface area (TPSA) is 107 Å². The zero-order valence-corrected chi connectivity index (χ0v) is 16.2. The number of fused-ring (bicyclic) bond motifs is 1. The lowest BCUT2D eigenvalue weighted by Gasteiger charge is -2.37. The van der Waals surface area contributed by atoms with E-state index in [2.05, 4.69) is 9.88 Å². The van der Waals surface area contributed by atoms with Crippen LogP contribution in [0.4, 0.5) is 5.69 Å². The van der Waals surface area contributed by atoms with Gasteiger partial charge in [0.1, 0.15) is 0 Å². The summed E-state index contributed by atoms with van der Waals surface area (Å²) in [5.74, 6) is -0.314. The first-order valence-corrected chi connectivity index (χ1v) is 9.45. The van der Waals surface area contributed by atoms with Crippen molar-refractivity contribution >= 4 is 17.5 Å². The van der Waals surface area contributed by atoms with E-state index < -0.39 is 4.92 Å². The van der Waals surface area contributed by atoms with Crippen LogP contribution in [0.2, 0.25) is 0 Å². The molecule has 0 aliphatic carbocycles. The van der Waals surface area contributed by atoms with E-state index in [-0.39, 0.29) is 36.4 Å². The molecule has 1 aromatic carbocycles. The van der Waals surface area contributed by atoms with E-state index in [0.717, 1.165) is 11.3 Å². The molecule has 1 aliphatic rings. The van der Waals surface area contributed by atoms with Gasteiger partial charge in [-0.15, -0.1) is 0 Å². The van der Waals surface area contributed by atoms with Crippen LogP contribution in [0.3, 0.4) is 0 Å². The molecule has 1 N–H and O–H groups in total. The van der Waals surface area contributed by atoms with Crippen molar-refractivity contribution in [3.05, 3.63) is 64.0 Å². The minimum Gasteiger partial charge on any atom is -0.383 e. The number of hydrogen-bond donors (Lipinski definition) is 1. The molecule has 0 spiro atoms. The maximum Gasteiger partial charge on any atom is 0.269 e. The van der Waals surface area contributed by atoms with Crippen LogP contribution in [-0.2, 0) is 20.9 Å². The van der Waals surface area contributed by atoms with Gasteiger partial charge >= 0.3 is 0 Å². The number of methoxy groups -OCH3 is 1. The third kappa shape index (κ3) is 4.80. The van der Waals surface area contributed by atoms with Gasteiger partial charge < -0.3 is 19.5 Å². The van der Waals surface area contributed by atoms with Gasteiger partial charge in [0.15, 0.2) is 0 Å². The fourth-order valence-electron chi connectivity index (χ4n) is 3.53. The summed E-state index contributed by atoms with van der Waals surface area (Å²) in [6, 6.07) is 9.79. The van der Waals surface area contributed by atoms with Crippen molar-refractivity contribution in [2.24, 2.45) is 0 Å². The van der Waals surface area contributed by atoms with Crippen LogP contribution in [0.5, 0.6) is 0 Å². The van der Waals surface area contributed by atoms with Gasteiger partial charge in [0.25, 0.3) is 5.69 Å². The molecule has 0 saturated heterocycles. The summed E-state index contributed by atoms with van der Waals surface area (Å²) in [4.78, 5) is 37.1. The van der Waals surface area contributed by atoms with Crippen molar-refractivity contribution < 1.29 is 19.2 Å². The molecule has 0 unspecified atom stereocenters. The number of hydrogen-bond acceptors (Lipinski definition) is 5. The number of nitrogens with one attached hydrogen (secondary N) is 1. The molecule has 0 radical (unpaired) electrons. The van der Waals surface area contributed by atoms with Crippen LogP contribution < -0.4 is 5.32 Å². The Balaban J connectivity index is 1.75. The lowest BCUT2D eigenvalue weighted by Crippen LogP contribution is -2.42. The maximum atomic E-state index is 12.9. The van der Waals surface area contributed by atoms with E-state index in [1.165, 1.54) is 12.1 Å². The molecule has 1 atom stereocenters. The standard InChI is InChI=1S/C20H24N4O5/c1-29-14-10-21-18(25)8-9-19(26)23-13-12-22-11-2-3-17(22)20(23)15-4-6-16(7-5-15)24(27)28/h2-7,11,20H,8-10,12-14H2,1H3,(H,21,25)/t20-/m0/s1. The monoisotopic (exact) mass is 400 g/mol. The van der Waals surface area contributed by atoms with Gasteiger partial charge in [0, 0.05) is 63.6 Å². The van der Waals surface area contributed by atoms with Crippen molar-refractivity contribution in [3.8, 4) is 0 Å². The zero-order chi connectivity index (χ0) is 20.8. The molecule has 0 bridgehead atoms. The number of nitro benzene ring substituents is 1. The molecule has 1 aromatic heterocycles. The van der Waals surface area contributed by atoms with Crippen molar-refractivity contribution in [2.75, 3.05) is 26.8 Å². The van der Waals surface area contributed by atoms with Crippen molar-refractivity contribution in [2.45, 2.75) is 25.4 Å². The SMILES string of the molecule is COCCNC(=O)CCC(=O)N1CCn2cccc2[C@@H]1c1ccc([N+](=O)[O-])cc1. The minimum absolute atomic E-state index is 0.00514. The summed E-state index contributed by atoms with van der Waals surface area (Å²) >= 11 is 0. The predicted octanol–water partition coefficient (Wildman–Crippen LogP) is 1.87. The molecule has 1 aliphatic heterocycles. The molecule has 2 aromatic rings. The number of benzene rings is 1. The van der Waals surface area contributed by atoms with Crippen LogP contribution in [-0.4, -0.2) is 53.0 Å². The summed E-state index contributed by atoms with van der Waals surface area (Å²) in [6.45, 7) is 2.00. The van der Waals surface area contributed by atoms with Crippen LogP contribution in [0.1, 0.15) is 30.1 Å². The Labute approximate surface area is 168 Å². The highest BCUT2D eigenvalue weighted by Crippen LogP contribution is 2.33. The molecule has 0 fully saturated rings. The maximum absolute atomic E-state index is 12.9. The second-order valence-corrected chi connectivity index (χ2v) is 6.81. The minimum atomic E-state index is -0.446. The van der Waals surface area contributed by atoms with Crippen molar-refractivity contribution in [1.29, 1.82) is 0 Å². The zero-order valence-electron chi connectivity index (χ0n) is 16.2. The second kappa shape index (κ2) is 9.33. The summed E-state index contributed by atoms with van der Waals surface area (Å²) in [7, 11) is 1.56. The Kier molecular flexibility index (Phi) is 6.61. The lowest BCUT2D eigenvalue weighted by molar-refractivity contribution is -0.384. The Morgan fingerprint density at radius 3 is 2.66 bits per heavy atom. The molecular formula is C20H24N4O5. The van der Waals surface area contributed by atoms with Crippen LogP contribution in [0.15, 0.2) is 42.6 Å². The molecule has 2 amide bonds. The smallest absolute Gasteiger partial charge is 0.269 e. The molecule has 3 rings (SSSR count). The van der Waals surface area contributed by atoms with Gasteiger partial charge in [-0.05, 0) is 29.8 Å². The third-order valence-corrected chi connectivity index (χ3v) is 4.97. The number of rotatable bonds is 8. The third-order valence-electron chi connectivity index (χ3n) is 4.97. The number of non-ortho nitro benzene ring substituents is 1. The molecule has 29 heavy (non-hydrogen) atoms. The fraction of sp³-hybridized carbons (Fsp3) is 0.400. The summed E-state index contributed by atoms with van der Waals surface area (Å²) in [5.41, 5.74) is 1.75. The van der Waals surface area contributed by atoms with Gasteiger partial charge in [-0.1, -0.05) is 0 Å². The largest absolute Gasteiger partial charge is 0.383 e. The Morgan fingerprint density at radius 1 is 1.21 bits per heavy atom. The number of carbonyl (C=O) groups excluding carboxylic acids is 2. The average Bonchev–Trinajstić information content (AvgIpc) is 3.20. The van der Waals surface area contributed by atoms with Crippen LogP contribution in [0, 0.1) is 10.1 Å². The normalized spacial score (nSPS) is 15.6. The Morgan fingerprint density at radius 2 is 1.97 bits per heavy atom. The molecule has 154 valence electrons. The van der Waals surface area contributed by atoms with Crippen LogP contribution in [0.25, 0.3) is 0 Å². The summed E-state index contributed by atoms with van der Waals surface area (Å²) in [5, 5.41) is 13.7. The van der Waals surface area contributed by atoms with E-state index in [9.17, 15) is 19.7 Å². The molecule has 9 heteroatoms. The van der Waals surface area contributed by atoms with Gasteiger partial charge in [0.05, 0.1) is 17.6 Å². The molecule has 2 heterocycles. The highest BCUT2D eigenvalue weighted by atomic mass is 16.6. The van der Waals surface area contributed by atoms with Gasteiger partial charge in [-0.25, -0.2) is 0 Å². The van der Waals surface area contributed by atoms with Crippen molar-refractivity contribution in [1.82, 2.24) is 14.8 Å². The lowest BCUT2D eigenvalue weighted by atomic mass is 9.99. The Hall–Kier alpha value is -3.20. The van der Waals surface area contributed by atoms with Gasteiger partial charge in [-0.3, -0.25) is 19.7 Å². The number of carbonyl (C=O) groups is 2. The average molecular weight is 400 g/mol. The summed E-state index contributed by atoms with van der Waals surface area (Å²) in [6.07, 6.45) is 2.16. The molecular weight excluding hydrogens is 376 g/mol. The number of nitrogens with zero attached hydrogens (tertiary/aromatic N) is 3. The van der Waals surface area contributed by atoms with E-state index in [1.54, 1.807) is 24.1 Å². The van der Waals surface area contributed by atoms with E-state index >= 15 is 0 Å². The highest BCUT2D eigenvalue weighted by molar-refractivity contribution is 5.84. The Bertz CT molecular complexity index is 877. The second-order valence-electron chi connectivity index (χ2n) is 6.81. The fourth-order valence-corrected chi connectivity index (χ4v) is 3.53. The van der Waals surface area contributed by atoms with E-state index in [1.807, 2.05) is 18.3 Å². The number of aromatic nitrogens is 1. The highest BCUT2D eigenvalue weighted by Gasteiger charge is 2.32. The number of ether oxygens (including phenoxy) is 1. The van der Waals surface area contributed by atoms with Crippen molar-refractivity contribution in [3.63, 3.8) is 0 Å². The molecule has 0 saturated carbocycles. The first kappa shape index (κ1) is 20.5. The van der Waals surface area contributed by atoms with E-state index in [0.29, 0.717) is 26.2 Å². The van der Waals surface area contributed by atoms with Gasteiger partial charge in [0.2, 0.25) is 11.8 Å². The molecule has 9 nitrogen and oxygen atoms in total. The summed E-state index contributed by atoms with van der Waals surface area (Å²) < 4.78 is 6.97. The first-order valence-electron chi connectivity index (χ1n) is 9.45. The van der Waals surface area contributed by atoms with E-state index in [4.69, 9.17) is 4.74 Å². The first-order chi connectivity index (χ1) is 14.0. The quantitative estimate of drug-likeness (QED) is 0.414. The predicted molar refractivity (Wildman–Crippen MR) is 105 cm³/mol. The number of nitro groups is 1. The van der Waals surface area contributed by atoms with Gasteiger partial charge in [-0.2, -0.15) is 0 Å². The van der Waals surface area contributed by atoms with Crippen LogP contribution >= 0.6 is 0 Å². The number of amides is 2.